The molecule has 1 saturated heterocycles. The van der Waals surface area contributed by atoms with Gasteiger partial charge in [-0.15, -0.1) is 0 Å². The normalized spacial score (nSPS) is 19.0. The van der Waals surface area contributed by atoms with E-state index in [0.29, 0.717) is 23.2 Å². The van der Waals surface area contributed by atoms with E-state index in [2.05, 4.69) is 10.3 Å². The van der Waals surface area contributed by atoms with Crippen LogP contribution in [0.15, 0.2) is 73.1 Å². The first kappa shape index (κ1) is 22.5. The Bertz CT molecular complexity index is 1040. The molecule has 0 unspecified atom stereocenters. The molecule has 0 bridgehead atoms. The maximum absolute atomic E-state index is 12.7. The van der Waals surface area contributed by atoms with Gasteiger partial charge in [0.2, 0.25) is 0 Å². The number of pyridine rings is 1. The fourth-order valence-electron chi connectivity index (χ4n) is 4.31. The monoisotopic (exact) mass is 449 g/mol. The van der Waals surface area contributed by atoms with Crippen molar-refractivity contribution in [3.8, 4) is 0 Å². The van der Waals surface area contributed by atoms with Crippen LogP contribution in [0.1, 0.15) is 46.0 Å². The molecule has 3 atom stereocenters. The molecule has 4 rings (SSSR count). The molecule has 3 aromatic rings. The Morgan fingerprint density at radius 1 is 1.16 bits per heavy atom. The summed E-state index contributed by atoms with van der Waals surface area (Å²) in [7, 11) is 1.80. The number of aromatic nitrogens is 1. The van der Waals surface area contributed by atoms with Gasteiger partial charge >= 0.3 is 0 Å². The van der Waals surface area contributed by atoms with Gasteiger partial charge in [-0.2, -0.15) is 0 Å². The molecule has 1 amide bonds. The predicted molar refractivity (Wildman–Crippen MR) is 127 cm³/mol. The van der Waals surface area contributed by atoms with Gasteiger partial charge in [0.25, 0.3) is 5.91 Å². The molecule has 2 N–H and O–H groups in total. The molecule has 0 radical (unpaired) electrons. The molecule has 0 spiro atoms. The van der Waals surface area contributed by atoms with Gasteiger partial charge in [0, 0.05) is 48.7 Å². The zero-order chi connectivity index (χ0) is 22.5. The van der Waals surface area contributed by atoms with Crippen molar-refractivity contribution in [2.45, 2.75) is 44.0 Å². The first-order valence-electron chi connectivity index (χ1n) is 10.9. The third-order valence-corrected chi connectivity index (χ3v) is 6.25. The lowest BCUT2D eigenvalue weighted by molar-refractivity contribution is 0.0785. The molecule has 0 saturated carbocycles. The van der Waals surface area contributed by atoms with Crippen molar-refractivity contribution in [3.63, 3.8) is 0 Å². The summed E-state index contributed by atoms with van der Waals surface area (Å²) in [6.45, 7) is 0.525. The third-order valence-electron chi connectivity index (χ3n) is 6.02. The van der Waals surface area contributed by atoms with Crippen LogP contribution < -0.4 is 5.32 Å². The molecular formula is C26H28ClN3O2. The Kier molecular flexibility index (Phi) is 7.20. The molecule has 166 valence electrons. The molecule has 0 aliphatic carbocycles. The highest BCUT2D eigenvalue weighted by Gasteiger charge is 2.30. The highest BCUT2D eigenvalue weighted by molar-refractivity contribution is 6.30. The van der Waals surface area contributed by atoms with Gasteiger partial charge in [0.15, 0.2) is 0 Å². The molecule has 5 nitrogen and oxygen atoms in total. The lowest BCUT2D eigenvalue weighted by atomic mass is 10.0. The Labute approximate surface area is 194 Å². The van der Waals surface area contributed by atoms with Crippen LogP contribution >= 0.6 is 11.6 Å². The highest BCUT2D eigenvalue weighted by atomic mass is 35.5. The lowest BCUT2D eigenvalue weighted by Crippen LogP contribution is -2.35. The number of hydrogen-bond donors (Lipinski definition) is 2. The van der Waals surface area contributed by atoms with E-state index in [9.17, 15) is 9.90 Å². The standard InChI is InChI=1S/C26H28ClN3O2/c1-30(17-19-4-3-13-28-16-19)26(32)20-9-7-18(8-10-20)14-23-11-12-24(29-23)25(31)21-5-2-6-22(27)15-21/h2-10,13,15-16,23-25,29,31H,11-12,14,17H2,1H3/t23-,24+,25+/m0/s1. The van der Waals surface area contributed by atoms with Gasteiger partial charge in [-0.25, -0.2) is 0 Å². The zero-order valence-electron chi connectivity index (χ0n) is 18.1. The summed E-state index contributed by atoms with van der Waals surface area (Å²) in [5.41, 5.74) is 3.69. The summed E-state index contributed by atoms with van der Waals surface area (Å²) in [5.74, 6) is -0.0101. The molecule has 2 aromatic carbocycles. The Balaban J connectivity index is 1.31. The van der Waals surface area contributed by atoms with Crippen molar-refractivity contribution in [1.29, 1.82) is 0 Å². The fraction of sp³-hybridized carbons (Fsp3) is 0.308. The van der Waals surface area contributed by atoms with E-state index in [1.54, 1.807) is 24.3 Å². The number of amides is 1. The molecule has 1 fully saturated rings. The number of carbonyl (C=O) groups excluding carboxylic acids is 1. The minimum atomic E-state index is -0.575. The van der Waals surface area contributed by atoms with E-state index in [0.717, 1.165) is 30.4 Å². The summed E-state index contributed by atoms with van der Waals surface area (Å²) in [4.78, 5) is 18.5. The average Bonchev–Trinajstić information content (AvgIpc) is 3.27. The van der Waals surface area contributed by atoms with Crippen molar-refractivity contribution in [3.05, 3.63) is 100 Å². The van der Waals surface area contributed by atoms with Crippen molar-refractivity contribution >= 4 is 17.5 Å². The van der Waals surface area contributed by atoms with Crippen LogP contribution in [0.2, 0.25) is 5.02 Å². The number of rotatable bonds is 7. The number of aliphatic hydroxyl groups excluding tert-OH is 1. The van der Waals surface area contributed by atoms with Crippen molar-refractivity contribution in [1.82, 2.24) is 15.2 Å². The first-order valence-corrected chi connectivity index (χ1v) is 11.3. The topological polar surface area (TPSA) is 65.5 Å². The van der Waals surface area contributed by atoms with Crippen molar-refractivity contribution in [2.24, 2.45) is 0 Å². The molecule has 1 aliphatic heterocycles. The third kappa shape index (κ3) is 5.54. The maximum atomic E-state index is 12.7. The number of carbonyl (C=O) groups is 1. The number of halogens is 1. The van der Waals surface area contributed by atoms with Crippen LogP contribution in [0.3, 0.4) is 0 Å². The predicted octanol–water partition coefficient (Wildman–Crippen LogP) is 4.40. The minimum Gasteiger partial charge on any atom is -0.387 e. The minimum absolute atomic E-state index is 0.0101. The number of hydrogen-bond acceptors (Lipinski definition) is 4. The van der Waals surface area contributed by atoms with E-state index in [4.69, 9.17) is 11.6 Å². The van der Waals surface area contributed by atoms with Crippen LogP contribution in [-0.2, 0) is 13.0 Å². The SMILES string of the molecule is CN(Cc1cccnc1)C(=O)c1ccc(C[C@@H]2CC[C@H]([C@H](O)c3cccc(Cl)c3)N2)cc1. The van der Waals surface area contributed by atoms with Crippen molar-refractivity contribution < 1.29 is 9.90 Å². The molecule has 32 heavy (non-hydrogen) atoms. The summed E-state index contributed by atoms with van der Waals surface area (Å²) in [6.07, 6.45) is 5.69. The second-order valence-corrected chi connectivity index (χ2v) is 8.91. The number of benzene rings is 2. The quantitative estimate of drug-likeness (QED) is 0.561. The molecule has 1 aromatic heterocycles. The van der Waals surface area contributed by atoms with Crippen LogP contribution in [0.25, 0.3) is 0 Å². The lowest BCUT2D eigenvalue weighted by Gasteiger charge is -2.21. The average molecular weight is 450 g/mol. The smallest absolute Gasteiger partial charge is 0.253 e. The van der Waals surface area contributed by atoms with Gasteiger partial charge in [-0.05, 0) is 66.3 Å². The Morgan fingerprint density at radius 3 is 2.69 bits per heavy atom. The van der Waals surface area contributed by atoms with E-state index in [-0.39, 0.29) is 11.9 Å². The van der Waals surface area contributed by atoms with Crippen LogP contribution in [0.5, 0.6) is 0 Å². The van der Waals surface area contributed by atoms with E-state index >= 15 is 0 Å². The Morgan fingerprint density at radius 2 is 1.97 bits per heavy atom. The molecule has 1 aliphatic rings. The molecule has 6 heteroatoms. The van der Waals surface area contributed by atoms with Crippen LogP contribution in [0.4, 0.5) is 0 Å². The molecule has 2 heterocycles. The van der Waals surface area contributed by atoms with Crippen LogP contribution in [0, 0.1) is 0 Å². The van der Waals surface area contributed by atoms with E-state index < -0.39 is 6.10 Å². The number of nitrogens with zero attached hydrogens (tertiary/aromatic N) is 2. The van der Waals surface area contributed by atoms with Crippen LogP contribution in [-0.4, -0.2) is 40.0 Å². The summed E-state index contributed by atoms with van der Waals surface area (Å²) >= 11 is 6.07. The van der Waals surface area contributed by atoms with Gasteiger partial charge in [-0.1, -0.05) is 41.9 Å². The number of nitrogens with one attached hydrogen (secondary N) is 1. The Hall–Kier alpha value is -2.73. The number of aliphatic hydroxyl groups is 1. The second-order valence-electron chi connectivity index (χ2n) is 8.47. The maximum Gasteiger partial charge on any atom is 0.253 e. The molecular weight excluding hydrogens is 422 g/mol. The van der Waals surface area contributed by atoms with Gasteiger partial charge < -0.3 is 15.3 Å². The van der Waals surface area contributed by atoms with Gasteiger partial charge in [0.1, 0.15) is 0 Å². The summed E-state index contributed by atoms with van der Waals surface area (Å²) in [5, 5.41) is 14.9. The summed E-state index contributed by atoms with van der Waals surface area (Å²) in [6, 6.07) is 19.4. The van der Waals surface area contributed by atoms with E-state index in [1.807, 2.05) is 60.7 Å². The largest absolute Gasteiger partial charge is 0.387 e. The fourth-order valence-corrected chi connectivity index (χ4v) is 4.51. The first-order chi connectivity index (χ1) is 15.5. The summed E-state index contributed by atoms with van der Waals surface area (Å²) < 4.78 is 0. The van der Waals surface area contributed by atoms with Gasteiger partial charge in [0.05, 0.1) is 6.10 Å². The van der Waals surface area contributed by atoms with Crippen molar-refractivity contribution in [2.75, 3.05) is 7.05 Å². The van der Waals surface area contributed by atoms with Gasteiger partial charge in [-0.3, -0.25) is 9.78 Å². The second kappa shape index (κ2) is 10.3. The highest BCUT2D eigenvalue weighted by Crippen LogP contribution is 2.28. The van der Waals surface area contributed by atoms with E-state index in [1.165, 1.54) is 5.56 Å². The zero-order valence-corrected chi connectivity index (χ0v) is 18.9.